The Labute approximate surface area is 81.4 Å². The number of hydrogen-bond donors (Lipinski definition) is 2. The molecule has 70 valence electrons. The van der Waals surface area contributed by atoms with E-state index in [1.165, 1.54) is 4.91 Å². The number of carbonyl (C=O) groups is 1. The lowest BCUT2D eigenvalue weighted by atomic mass is 9.93. The highest BCUT2D eigenvalue weighted by Crippen LogP contribution is 2.40. The molecule has 0 aromatic rings. The summed E-state index contributed by atoms with van der Waals surface area (Å²) in [6, 6.07) is -0.333. The van der Waals surface area contributed by atoms with Gasteiger partial charge in [0.25, 0.3) is 0 Å². The van der Waals surface area contributed by atoms with Gasteiger partial charge in [0.2, 0.25) is 0 Å². The second-order valence-electron chi connectivity index (χ2n) is 3.23. The summed E-state index contributed by atoms with van der Waals surface area (Å²) in [5, 5.41) is 2.75. The molecule has 0 aromatic heterocycles. The fourth-order valence-corrected chi connectivity index (χ4v) is 3.06. The fourth-order valence-electron chi connectivity index (χ4n) is 1.80. The number of thioether (sulfide) groups is 1. The largest absolute Gasteiger partial charge is 0.352 e. The number of fused-ring (bicyclic) bond motifs is 1. The molecule has 4 heteroatoms. The average Bonchev–Trinajstić information content (AvgIpc) is 2.51. The van der Waals surface area contributed by atoms with Gasteiger partial charge < -0.3 is 11.1 Å². The average molecular weight is 196 g/mol. The number of amides is 2. The van der Waals surface area contributed by atoms with Crippen LogP contribution in [0.25, 0.3) is 0 Å². The van der Waals surface area contributed by atoms with Crippen LogP contribution in [0.1, 0.15) is 6.42 Å². The zero-order valence-corrected chi connectivity index (χ0v) is 8.01. The van der Waals surface area contributed by atoms with Crippen LogP contribution in [-0.4, -0.2) is 17.8 Å². The fraction of sp³-hybridized carbons (Fsp3) is 0.444. The molecule has 0 radical (unpaired) electrons. The van der Waals surface area contributed by atoms with Crippen molar-refractivity contribution in [3.63, 3.8) is 0 Å². The maximum atomic E-state index is 10.7. The minimum Gasteiger partial charge on any atom is -0.352 e. The van der Waals surface area contributed by atoms with Gasteiger partial charge in [0.1, 0.15) is 0 Å². The van der Waals surface area contributed by atoms with E-state index in [0.29, 0.717) is 5.92 Å². The van der Waals surface area contributed by atoms with Crippen molar-refractivity contribution in [3.8, 4) is 0 Å². The van der Waals surface area contributed by atoms with E-state index >= 15 is 0 Å². The minimum atomic E-state index is -0.437. The molecular weight excluding hydrogens is 184 g/mol. The predicted molar refractivity (Wildman–Crippen MR) is 54.3 cm³/mol. The smallest absolute Gasteiger partial charge is 0.312 e. The van der Waals surface area contributed by atoms with Crippen LogP contribution < -0.4 is 11.1 Å². The third kappa shape index (κ3) is 1.72. The highest BCUT2D eigenvalue weighted by atomic mass is 32.2. The Morgan fingerprint density at radius 1 is 1.69 bits per heavy atom. The highest BCUT2D eigenvalue weighted by molar-refractivity contribution is 8.03. The van der Waals surface area contributed by atoms with Crippen LogP contribution in [-0.2, 0) is 0 Å². The summed E-state index contributed by atoms with van der Waals surface area (Å²) in [5.41, 5.74) is 5.10. The molecule has 1 saturated heterocycles. The van der Waals surface area contributed by atoms with Gasteiger partial charge in [-0.1, -0.05) is 18.2 Å². The first kappa shape index (κ1) is 8.69. The van der Waals surface area contributed by atoms with E-state index in [-0.39, 0.29) is 6.04 Å². The molecule has 3 N–H and O–H groups in total. The number of urea groups is 1. The molecule has 3 nitrogen and oxygen atoms in total. The molecule has 2 atom stereocenters. The molecule has 2 rings (SSSR count). The summed E-state index contributed by atoms with van der Waals surface area (Å²) < 4.78 is 0. The van der Waals surface area contributed by atoms with Crippen LogP contribution in [0.4, 0.5) is 4.79 Å². The van der Waals surface area contributed by atoms with Crippen molar-refractivity contribution in [2.24, 2.45) is 11.7 Å². The number of hydrogen-bond acceptors (Lipinski definition) is 2. The summed E-state index contributed by atoms with van der Waals surface area (Å²) >= 11 is 1.87. The SMILES string of the molecule is NC(=O)NC1C=CC=C2SCCC21. The van der Waals surface area contributed by atoms with Gasteiger partial charge in [0.15, 0.2) is 0 Å². The molecule has 2 amide bonds. The van der Waals surface area contributed by atoms with Gasteiger partial charge in [0.05, 0.1) is 6.04 Å². The Kier molecular flexibility index (Phi) is 2.31. The van der Waals surface area contributed by atoms with Gasteiger partial charge in [-0.25, -0.2) is 4.79 Å². The highest BCUT2D eigenvalue weighted by Gasteiger charge is 2.30. The summed E-state index contributed by atoms with van der Waals surface area (Å²) in [6.07, 6.45) is 7.25. The van der Waals surface area contributed by atoms with Crippen molar-refractivity contribution < 1.29 is 4.79 Å². The standard InChI is InChI=1S/C9H12N2OS/c10-9(12)11-7-2-1-3-8-6(7)4-5-13-8/h1-3,6-7H,4-5H2,(H3,10,11,12). The normalized spacial score (nSPS) is 30.9. The van der Waals surface area contributed by atoms with E-state index in [1.54, 1.807) is 0 Å². The molecule has 2 unspecified atom stereocenters. The maximum absolute atomic E-state index is 10.7. The van der Waals surface area contributed by atoms with E-state index in [2.05, 4.69) is 11.4 Å². The predicted octanol–water partition coefficient (Wildman–Crippen LogP) is 1.23. The van der Waals surface area contributed by atoms with Gasteiger partial charge in [-0.05, 0) is 17.1 Å². The van der Waals surface area contributed by atoms with Crippen LogP contribution in [0.2, 0.25) is 0 Å². The van der Waals surface area contributed by atoms with Gasteiger partial charge in [-0.2, -0.15) is 0 Å². The Morgan fingerprint density at radius 2 is 2.54 bits per heavy atom. The van der Waals surface area contributed by atoms with Crippen LogP contribution >= 0.6 is 11.8 Å². The third-order valence-electron chi connectivity index (χ3n) is 2.38. The monoisotopic (exact) mass is 196 g/mol. The number of nitrogens with one attached hydrogen (secondary N) is 1. The topological polar surface area (TPSA) is 55.1 Å². The quantitative estimate of drug-likeness (QED) is 0.662. The molecule has 0 bridgehead atoms. The van der Waals surface area contributed by atoms with Crippen LogP contribution in [0, 0.1) is 5.92 Å². The maximum Gasteiger partial charge on any atom is 0.312 e. The van der Waals surface area contributed by atoms with Crippen molar-refractivity contribution in [1.29, 1.82) is 0 Å². The molecule has 0 aromatic carbocycles. The molecule has 1 aliphatic carbocycles. The molecule has 1 heterocycles. The zero-order valence-electron chi connectivity index (χ0n) is 7.19. The van der Waals surface area contributed by atoms with Gasteiger partial charge in [-0.3, -0.25) is 0 Å². The Balaban J connectivity index is 2.09. The van der Waals surface area contributed by atoms with E-state index in [0.717, 1.165) is 12.2 Å². The number of primary amides is 1. The first-order chi connectivity index (χ1) is 6.27. The van der Waals surface area contributed by atoms with Crippen LogP contribution in [0.15, 0.2) is 23.1 Å². The molecule has 1 aliphatic heterocycles. The third-order valence-corrected chi connectivity index (χ3v) is 3.60. The van der Waals surface area contributed by atoms with Crippen LogP contribution in [0.3, 0.4) is 0 Å². The lowest BCUT2D eigenvalue weighted by Gasteiger charge is -2.23. The second kappa shape index (κ2) is 3.46. The lowest BCUT2D eigenvalue weighted by molar-refractivity contribution is 0.244. The Bertz CT molecular complexity index is 285. The van der Waals surface area contributed by atoms with Crippen molar-refractivity contribution in [2.75, 3.05) is 5.75 Å². The van der Waals surface area contributed by atoms with Gasteiger partial charge >= 0.3 is 6.03 Å². The summed E-state index contributed by atoms with van der Waals surface area (Å²) in [6.45, 7) is 0. The minimum absolute atomic E-state index is 0.104. The number of allylic oxidation sites excluding steroid dienone is 2. The summed E-state index contributed by atoms with van der Waals surface area (Å²) in [7, 11) is 0. The lowest BCUT2D eigenvalue weighted by Crippen LogP contribution is -2.42. The first-order valence-corrected chi connectivity index (χ1v) is 5.33. The van der Waals surface area contributed by atoms with Gasteiger partial charge in [-0.15, -0.1) is 11.8 Å². The first-order valence-electron chi connectivity index (χ1n) is 4.34. The molecule has 0 spiro atoms. The van der Waals surface area contributed by atoms with Crippen molar-refractivity contribution in [2.45, 2.75) is 12.5 Å². The molecule has 13 heavy (non-hydrogen) atoms. The van der Waals surface area contributed by atoms with Crippen LogP contribution in [0.5, 0.6) is 0 Å². The Hall–Kier alpha value is -0.900. The summed E-state index contributed by atoms with van der Waals surface area (Å²) in [4.78, 5) is 12.1. The van der Waals surface area contributed by atoms with Crippen molar-refractivity contribution >= 4 is 17.8 Å². The number of carbonyl (C=O) groups excluding carboxylic acids is 1. The zero-order chi connectivity index (χ0) is 9.26. The summed E-state index contributed by atoms with van der Waals surface area (Å²) in [5.74, 6) is 1.61. The molecule has 0 saturated carbocycles. The number of nitrogens with two attached hydrogens (primary N) is 1. The Morgan fingerprint density at radius 3 is 3.31 bits per heavy atom. The molecule has 1 fully saturated rings. The van der Waals surface area contributed by atoms with Crippen molar-refractivity contribution in [3.05, 3.63) is 23.1 Å². The van der Waals surface area contributed by atoms with E-state index in [1.807, 2.05) is 23.9 Å². The van der Waals surface area contributed by atoms with E-state index in [9.17, 15) is 4.79 Å². The van der Waals surface area contributed by atoms with E-state index < -0.39 is 6.03 Å². The molecular formula is C9H12N2OS. The molecule has 2 aliphatic rings. The number of rotatable bonds is 1. The second-order valence-corrected chi connectivity index (χ2v) is 4.40. The van der Waals surface area contributed by atoms with E-state index in [4.69, 9.17) is 5.73 Å². The van der Waals surface area contributed by atoms with Gasteiger partial charge in [0, 0.05) is 5.92 Å². The van der Waals surface area contributed by atoms with Crippen molar-refractivity contribution in [1.82, 2.24) is 5.32 Å².